The number of carbonyl (C=O) groups excluding carboxylic acids is 1. The number of imidazole rings is 1. The number of hydrogen-bond donors (Lipinski definition) is 1. The van der Waals surface area contributed by atoms with Gasteiger partial charge >= 0.3 is 0 Å². The number of fused-ring (bicyclic) bond motifs is 1. The fraction of sp³-hybridized carbons (Fsp3) is 0.250. The van der Waals surface area contributed by atoms with Gasteiger partial charge in [-0.15, -0.1) is 11.3 Å². The van der Waals surface area contributed by atoms with Gasteiger partial charge in [-0.3, -0.25) is 13.4 Å². The Morgan fingerprint density at radius 1 is 1.30 bits per heavy atom. The lowest BCUT2D eigenvalue weighted by molar-refractivity contribution is -0.120. The molecule has 0 aliphatic rings. The van der Waals surface area contributed by atoms with Crippen LogP contribution < -0.4 is 5.32 Å². The first-order valence-corrected chi connectivity index (χ1v) is 9.64. The summed E-state index contributed by atoms with van der Waals surface area (Å²) in [6.45, 7) is 0.417. The van der Waals surface area contributed by atoms with Crippen LogP contribution in [0.3, 0.4) is 0 Å². The summed E-state index contributed by atoms with van der Waals surface area (Å²) < 4.78 is 13.9. The van der Waals surface area contributed by atoms with Gasteiger partial charge in [0.2, 0.25) is 5.91 Å². The van der Waals surface area contributed by atoms with Crippen LogP contribution in [0.2, 0.25) is 0 Å². The van der Waals surface area contributed by atoms with E-state index in [1.54, 1.807) is 0 Å². The van der Waals surface area contributed by atoms with E-state index in [4.69, 9.17) is 0 Å². The van der Waals surface area contributed by atoms with Crippen molar-refractivity contribution in [2.45, 2.75) is 12.2 Å². The molecule has 2 aromatic heterocycles. The number of nitrogens with zero attached hydrogens (tertiary/aromatic N) is 2. The van der Waals surface area contributed by atoms with Gasteiger partial charge in [-0.05, 0) is 5.56 Å². The molecule has 0 radical (unpaired) electrons. The maximum Gasteiger partial charge on any atom is 0.226 e. The van der Waals surface area contributed by atoms with Crippen molar-refractivity contribution in [2.75, 3.05) is 12.3 Å². The number of amides is 1. The van der Waals surface area contributed by atoms with Crippen LogP contribution in [-0.4, -0.2) is 31.8 Å². The molecule has 1 amide bonds. The van der Waals surface area contributed by atoms with Gasteiger partial charge in [0.15, 0.2) is 4.96 Å². The monoisotopic (exact) mass is 347 g/mol. The first-order chi connectivity index (χ1) is 11.2. The van der Waals surface area contributed by atoms with Gasteiger partial charge in [-0.1, -0.05) is 30.3 Å². The van der Waals surface area contributed by atoms with Crippen LogP contribution in [0.5, 0.6) is 0 Å². The minimum Gasteiger partial charge on any atom is -0.355 e. The predicted molar refractivity (Wildman–Crippen MR) is 92.9 cm³/mol. The molecule has 7 heteroatoms. The molecule has 0 aliphatic carbocycles. The second-order valence-electron chi connectivity index (χ2n) is 5.13. The fourth-order valence-electron chi connectivity index (χ4n) is 2.22. The van der Waals surface area contributed by atoms with Crippen LogP contribution in [0.1, 0.15) is 11.3 Å². The molecule has 0 aliphatic heterocycles. The molecule has 23 heavy (non-hydrogen) atoms. The van der Waals surface area contributed by atoms with E-state index in [1.165, 1.54) is 11.3 Å². The lowest BCUT2D eigenvalue weighted by atomic mass is 10.2. The number of thiazole rings is 1. The van der Waals surface area contributed by atoms with E-state index in [1.807, 2.05) is 52.5 Å². The minimum absolute atomic E-state index is 0.0903. The molecule has 0 bridgehead atoms. The maximum atomic E-state index is 12.0. The Kier molecular flexibility index (Phi) is 5.19. The summed E-state index contributed by atoms with van der Waals surface area (Å²) >= 11 is 1.54. The third-order valence-electron chi connectivity index (χ3n) is 3.31. The number of aromatic nitrogens is 2. The molecule has 1 unspecified atom stereocenters. The second-order valence-corrected chi connectivity index (χ2v) is 7.58. The SMILES string of the molecule is O=C(Cc1cn2ccsc2n1)NCCS(=O)Cc1ccccc1. The predicted octanol–water partition coefficient (Wildman–Crippen LogP) is 2.00. The molecule has 0 spiro atoms. The van der Waals surface area contributed by atoms with Crippen LogP contribution in [0, 0.1) is 0 Å². The van der Waals surface area contributed by atoms with Crippen LogP contribution in [0.4, 0.5) is 0 Å². The molecule has 0 saturated carbocycles. The molecule has 1 aromatic carbocycles. The summed E-state index contributed by atoms with van der Waals surface area (Å²) in [6.07, 6.45) is 4.03. The highest BCUT2D eigenvalue weighted by molar-refractivity contribution is 7.84. The highest BCUT2D eigenvalue weighted by Crippen LogP contribution is 2.11. The molecule has 120 valence electrons. The average Bonchev–Trinajstić information content (AvgIpc) is 3.09. The van der Waals surface area contributed by atoms with Crippen molar-refractivity contribution in [3.63, 3.8) is 0 Å². The normalized spacial score (nSPS) is 12.3. The molecular formula is C16H17N3O2S2. The Balaban J connectivity index is 1.40. The third kappa shape index (κ3) is 4.49. The highest BCUT2D eigenvalue weighted by atomic mass is 32.2. The summed E-state index contributed by atoms with van der Waals surface area (Å²) in [4.78, 5) is 17.2. The van der Waals surface area contributed by atoms with Crippen molar-refractivity contribution in [3.05, 3.63) is 59.4 Å². The molecule has 0 saturated heterocycles. The number of carbonyl (C=O) groups is 1. The van der Waals surface area contributed by atoms with Crippen LogP contribution in [0.15, 0.2) is 48.1 Å². The molecular weight excluding hydrogens is 330 g/mol. The van der Waals surface area contributed by atoms with Gasteiger partial charge in [0, 0.05) is 46.6 Å². The Labute approximate surface area is 140 Å². The van der Waals surface area contributed by atoms with E-state index in [-0.39, 0.29) is 12.3 Å². The second kappa shape index (κ2) is 7.52. The Morgan fingerprint density at radius 3 is 2.91 bits per heavy atom. The van der Waals surface area contributed by atoms with Crippen LogP contribution >= 0.6 is 11.3 Å². The van der Waals surface area contributed by atoms with E-state index in [0.717, 1.165) is 16.2 Å². The summed E-state index contributed by atoms with van der Waals surface area (Å²) in [5.74, 6) is 0.889. The first kappa shape index (κ1) is 15.9. The molecule has 1 N–H and O–H groups in total. The molecule has 2 heterocycles. The van der Waals surface area contributed by atoms with Crippen molar-refractivity contribution in [3.8, 4) is 0 Å². The standard InChI is InChI=1S/C16H17N3O2S2/c20-15(10-14-11-19-7-8-22-16(19)18-14)17-6-9-23(21)12-13-4-2-1-3-5-13/h1-5,7-8,11H,6,9-10,12H2,(H,17,20). The quantitative estimate of drug-likeness (QED) is 0.711. The van der Waals surface area contributed by atoms with Crippen molar-refractivity contribution >= 4 is 33.0 Å². The zero-order valence-electron chi connectivity index (χ0n) is 12.5. The molecule has 5 nitrogen and oxygen atoms in total. The van der Waals surface area contributed by atoms with Gasteiger partial charge in [-0.2, -0.15) is 0 Å². The summed E-state index contributed by atoms with van der Waals surface area (Å²) in [6, 6.07) is 9.72. The minimum atomic E-state index is -0.973. The van der Waals surface area contributed by atoms with Gasteiger partial charge in [-0.25, -0.2) is 4.98 Å². The third-order valence-corrected chi connectivity index (χ3v) is 5.39. The molecule has 3 aromatic rings. The van der Waals surface area contributed by atoms with E-state index < -0.39 is 10.8 Å². The van der Waals surface area contributed by atoms with Crippen molar-refractivity contribution in [1.82, 2.24) is 14.7 Å². The van der Waals surface area contributed by atoms with Crippen molar-refractivity contribution < 1.29 is 9.00 Å². The zero-order valence-corrected chi connectivity index (χ0v) is 14.1. The molecule has 3 rings (SSSR count). The van der Waals surface area contributed by atoms with E-state index in [0.29, 0.717) is 18.1 Å². The summed E-state index contributed by atoms with van der Waals surface area (Å²) in [7, 11) is -0.973. The fourth-order valence-corrected chi connectivity index (χ4v) is 3.98. The van der Waals surface area contributed by atoms with Crippen molar-refractivity contribution in [2.24, 2.45) is 0 Å². The van der Waals surface area contributed by atoms with E-state index >= 15 is 0 Å². The maximum absolute atomic E-state index is 12.0. The topological polar surface area (TPSA) is 63.5 Å². The lowest BCUT2D eigenvalue weighted by Gasteiger charge is -2.05. The highest BCUT2D eigenvalue weighted by Gasteiger charge is 2.09. The Morgan fingerprint density at radius 2 is 2.13 bits per heavy atom. The number of rotatable bonds is 7. The van der Waals surface area contributed by atoms with Crippen LogP contribution in [0.25, 0.3) is 4.96 Å². The first-order valence-electron chi connectivity index (χ1n) is 7.27. The van der Waals surface area contributed by atoms with E-state index in [2.05, 4.69) is 10.3 Å². The Bertz CT molecular complexity index is 782. The molecule has 0 fully saturated rings. The summed E-state index contributed by atoms with van der Waals surface area (Å²) in [5.41, 5.74) is 1.80. The number of hydrogen-bond acceptors (Lipinski definition) is 4. The number of nitrogens with one attached hydrogen (secondary N) is 1. The lowest BCUT2D eigenvalue weighted by Crippen LogP contribution is -2.29. The van der Waals surface area contributed by atoms with E-state index in [9.17, 15) is 9.00 Å². The van der Waals surface area contributed by atoms with Gasteiger partial charge in [0.05, 0.1) is 12.1 Å². The van der Waals surface area contributed by atoms with Gasteiger partial charge in [0.25, 0.3) is 0 Å². The smallest absolute Gasteiger partial charge is 0.226 e. The van der Waals surface area contributed by atoms with Crippen LogP contribution in [-0.2, 0) is 27.8 Å². The zero-order chi connectivity index (χ0) is 16.1. The van der Waals surface area contributed by atoms with Gasteiger partial charge in [0.1, 0.15) is 0 Å². The van der Waals surface area contributed by atoms with Crippen molar-refractivity contribution in [1.29, 1.82) is 0 Å². The summed E-state index contributed by atoms with van der Waals surface area (Å²) in [5, 5.41) is 4.76. The molecule has 1 atom stereocenters. The van der Waals surface area contributed by atoms with Gasteiger partial charge < -0.3 is 5.32 Å². The Hall–Kier alpha value is -1.99. The largest absolute Gasteiger partial charge is 0.355 e. The number of benzene rings is 1. The average molecular weight is 347 g/mol.